The quantitative estimate of drug-likeness (QED) is 0.424. The number of methoxy groups -OCH3 is 1. The first-order valence-corrected chi connectivity index (χ1v) is 12.6. The van der Waals surface area contributed by atoms with Crippen LogP contribution in [0.25, 0.3) is 11.0 Å². The molecule has 0 atom stereocenters. The minimum absolute atomic E-state index is 0.00337. The Kier molecular flexibility index (Phi) is 8.31. The van der Waals surface area contributed by atoms with Crippen molar-refractivity contribution in [3.63, 3.8) is 0 Å². The standard InChI is InChI=1S/C27H29ClN4O6/c1-15(33)32(2)19-8-5-17(6-9-19)26(35)31-24-20-12-16(13-23(34)37-3)4-10-21(20)38-25(24)27(36)30-22-11-7-18(28)14-29-22/h4,7,10-12,14,17,19H,5-6,8-9,13H2,1-3H3,(H,31,35)(H,29,30,36). The molecule has 10 nitrogen and oxygen atoms in total. The number of halogens is 1. The van der Waals surface area contributed by atoms with Gasteiger partial charge in [0.1, 0.15) is 17.1 Å². The highest BCUT2D eigenvalue weighted by Gasteiger charge is 2.31. The number of hydrogen-bond acceptors (Lipinski definition) is 7. The second kappa shape index (κ2) is 11.6. The molecule has 1 aliphatic carbocycles. The monoisotopic (exact) mass is 540 g/mol. The number of furan rings is 1. The van der Waals surface area contributed by atoms with E-state index in [1.165, 1.54) is 20.2 Å². The Balaban J connectivity index is 1.61. The molecule has 11 heteroatoms. The van der Waals surface area contributed by atoms with Gasteiger partial charge in [0.05, 0.1) is 18.6 Å². The average Bonchev–Trinajstić information content (AvgIpc) is 3.27. The Morgan fingerprint density at radius 1 is 1.11 bits per heavy atom. The van der Waals surface area contributed by atoms with Crippen molar-refractivity contribution < 1.29 is 28.3 Å². The van der Waals surface area contributed by atoms with Crippen LogP contribution in [0.15, 0.2) is 40.9 Å². The molecule has 1 aliphatic rings. The highest BCUT2D eigenvalue weighted by Crippen LogP contribution is 2.35. The van der Waals surface area contributed by atoms with Crippen LogP contribution in [0, 0.1) is 5.92 Å². The minimum Gasteiger partial charge on any atom is -0.469 e. The lowest BCUT2D eigenvalue weighted by molar-refractivity contribution is -0.139. The predicted molar refractivity (Wildman–Crippen MR) is 142 cm³/mol. The van der Waals surface area contributed by atoms with Crippen molar-refractivity contribution in [1.82, 2.24) is 9.88 Å². The zero-order valence-corrected chi connectivity index (χ0v) is 22.1. The molecule has 0 spiro atoms. The fourth-order valence-corrected chi connectivity index (χ4v) is 4.72. The molecule has 2 N–H and O–H groups in total. The van der Waals surface area contributed by atoms with Gasteiger partial charge >= 0.3 is 5.97 Å². The summed E-state index contributed by atoms with van der Waals surface area (Å²) in [5.41, 5.74) is 1.22. The van der Waals surface area contributed by atoms with E-state index in [1.54, 1.807) is 42.3 Å². The van der Waals surface area contributed by atoms with Gasteiger partial charge in [0.25, 0.3) is 5.91 Å². The zero-order valence-electron chi connectivity index (χ0n) is 21.4. The largest absolute Gasteiger partial charge is 0.469 e. The van der Waals surface area contributed by atoms with Crippen LogP contribution in [0.3, 0.4) is 0 Å². The molecule has 1 aromatic carbocycles. The van der Waals surface area contributed by atoms with Crippen LogP contribution in [0.1, 0.15) is 48.7 Å². The number of carbonyl (C=O) groups is 4. The van der Waals surface area contributed by atoms with Crippen molar-refractivity contribution in [1.29, 1.82) is 0 Å². The molecule has 1 fully saturated rings. The number of rotatable bonds is 7. The Hall–Kier alpha value is -3.92. The van der Waals surface area contributed by atoms with Gasteiger partial charge < -0.3 is 24.7 Å². The highest BCUT2D eigenvalue weighted by atomic mass is 35.5. The number of fused-ring (bicyclic) bond motifs is 1. The predicted octanol–water partition coefficient (Wildman–Crippen LogP) is 4.42. The second-order valence-corrected chi connectivity index (χ2v) is 9.77. The first-order valence-electron chi connectivity index (χ1n) is 12.3. The van der Waals surface area contributed by atoms with Gasteiger partial charge in [-0.2, -0.15) is 0 Å². The van der Waals surface area contributed by atoms with Crippen LogP contribution < -0.4 is 10.6 Å². The zero-order chi connectivity index (χ0) is 27.4. The number of amides is 3. The number of benzene rings is 1. The molecular formula is C27H29ClN4O6. The molecule has 1 saturated carbocycles. The first kappa shape index (κ1) is 27.1. The van der Waals surface area contributed by atoms with Gasteiger partial charge in [-0.25, -0.2) is 4.98 Å². The summed E-state index contributed by atoms with van der Waals surface area (Å²) in [5, 5.41) is 6.47. The summed E-state index contributed by atoms with van der Waals surface area (Å²) in [5.74, 6) is -1.39. The lowest BCUT2D eigenvalue weighted by Gasteiger charge is -2.33. The average molecular weight is 541 g/mol. The van der Waals surface area contributed by atoms with Crippen LogP contribution in [0.2, 0.25) is 5.02 Å². The fraction of sp³-hybridized carbons (Fsp3) is 0.370. The summed E-state index contributed by atoms with van der Waals surface area (Å²) in [6.07, 6.45) is 4.05. The lowest BCUT2D eigenvalue weighted by atomic mass is 9.84. The normalized spacial score (nSPS) is 17.1. The number of aromatic nitrogens is 1. The van der Waals surface area contributed by atoms with E-state index in [-0.39, 0.29) is 47.5 Å². The molecule has 0 aliphatic heterocycles. The van der Waals surface area contributed by atoms with Crippen molar-refractivity contribution >= 4 is 57.8 Å². The van der Waals surface area contributed by atoms with Crippen LogP contribution in [-0.2, 0) is 25.5 Å². The van der Waals surface area contributed by atoms with E-state index in [1.807, 2.05) is 0 Å². The maximum Gasteiger partial charge on any atom is 0.309 e. The third-order valence-corrected chi connectivity index (χ3v) is 7.09. The van der Waals surface area contributed by atoms with Crippen molar-refractivity contribution in [3.8, 4) is 0 Å². The number of esters is 1. The van der Waals surface area contributed by atoms with Gasteiger partial charge in [0.15, 0.2) is 0 Å². The number of nitrogens with one attached hydrogen (secondary N) is 2. The van der Waals surface area contributed by atoms with Gasteiger partial charge in [0.2, 0.25) is 17.6 Å². The molecule has 4 rings (SSSR count). The second-order valence-electron chi connectivity index (χ2n) is 9.33. The van der Waals surface area contributed by atoms with E-state index in [9.17, 15) is 19.2 Å². The SMILES string of the molecule is COC(=O)Cc1ccc2oc(C(=O)Nc3ccc(Cl)cn3)c(NC(=O)C3CCC(N(C)C(C)=O)CC3)c2c1. The van der Waals surface area contributed by atoms with Crippen molar-refractivity contribution in [3.05, 3.63) is 52.9 Å². The molecule has 200 valence electrons. The lowest BCUT2D eigenvalue weighted by Crippen LogP contribution is -2.40. The molecular weight excluding hydrogens is 512 g/mol. The molecule has 2 heterocycles. The molecule has 0 saturated heterocycles. The molecule has 3 amide bonds. The fourth-order valence-electron chi connectivity index (χ4n) is 4.61. The van der Waals surface area contributed by atoms with Crippen LogP contribution in [0.5, 0.6) is 0 Å². The van der Waals surface area contributed by atoms with E-state index < -0.39 is 11.9 Å². The van der Waals surface area contributed by atoms with Gasteiger partial charge in [-0.05, 0) is 55.5 Å². The topological polar surface area (TPSA) is 131 Å². The first-order chi connectivity index (χ1) is 18.2. The molecule has 0 radical (unpaired) electrons. The number of anilines is 2. The maximum atomic E-state index is 13.3. The van der Waals surface area contributed by atoms with Gasteiger partial charge in [-0.3, -0.25) is 19.2 Å². The van der Waals surface area contributed by atoms with Gasteiger partial charge in [-0.15, -0.1) is 0 Å². The molecule has 0 unspecified atom stereocenters. The number of carbonyl (C=O) groups excluding carboxylic acids is 4. The number of pyridine rings is 1. The highest BCUT2D eigenvalue weighted by molar-refractivity contribution is 6.30. The Morgan fingerprint density at radius 2 is 1.84 bits per heavy atom. The third-order valence-electron chi connectivity index (χ3n) is 6.86. The summed E-state index contributed by atoms with van der Waals surface area (Å²) < 4.78 is 10.6. The summed E-state index contributed by atoms with van der Waals surface area (Å²) in [6.45, 7) is 1.53. The van der Waals surface area contributed by atoms with Gasteiger partial charge in [0, 0.05) is 37.5 Å². The Morgan fingerprint density at radius 3 is 2.47 bits per heavy atom. The van der Waals surface area contributed by atoms with E-state index in [0.717, 1.165) is 0 Å². The van der Waals surface area contributed by atoms with Gasteiger partial charge in [-0.1, -0.05) is 17.7 Å². The maximum absolute atomic E-state index is 13.3. The van der Waals surface area contributed by atoms with Crippen molar-refractivity contribution in [2.75, 3.05) is 24.8 Å². The molecule has 38 heavy (non-hydrogen) atoms. The minimum atomic E-state index is -0.604. The van der Waals surface area contributed by atoms with E-state index in [2.05, 4.69) is 15.6 Å². The Labute approximate surface area is 224 Å². The smallest absolute Gasteiger partial charge is 0.309 e. The summed E-state index contributed by atoms with van der Waals surface area (Å²) in [4.78, 5) is 55.9. The van der Waals surface area contributed by atoms with Crippen molar-refractivity contribution in [2.24, 2.45) is 5.92 Å². The summed E-state index contributed by atoms with van der Waals surface area (Å²) in [7, 11) is 3.08. The third kappa shape index (κ3) is 6.13. The van der Waals surface area contributed by atoms with E-state index in [4.69, 9.17) is 20.8 Å². The molecule has 2 aromatic heterocycles. The summed E-state index contributed by atoms with van der Waals surface area (Å²) in [6, 6.07) is 8.27. The van der Waals surface area contributed by atoms with E-state index >= 15 is 0 Å². The van der Waals surface area contributed by atoms with Crippen molar-refractivity contribution in [2.45, 2.75) is 45.1 Å². The molecule has 0 bridgehead atoms. The molecule has 3 aromatic rings. The Bertz CT molecular complexity index is 1360. The van der Waals surface area contributed by atoms with E-state index in [0.29, 0.717) is 47.2 Å². The number of hydrogen-bond donors (Lipinski definition) is 2. The number of ether oxygens (including phenoxy) is 1. The summed E-state index contributed by atoms with van der Waals surface area (Å²) >= 11 is 5.88. The van der Waals surface area contributed by atoms with Crippen LogP contribution >= 0.6 is 11.6 Å². The number of nitrogens with zero attached hydrogens (tertiary/aromatic N) is 2. The van der Waals surface area contributed by atoms with Crippen LogP contribution in [-0.4, -0.2) is 53.8 Å². The van der Waals surface area contributed by atoms with Crippen LogP contribution in [0.4, 0.5) is 11.5 Å².